The van der Waals surface area contributed by atoms with Crippen molar-refractivity contribution in [3.63, 3.8) is 0 Å². The molecule has 0 fully saturated rings. The van der Waals surface area contributed by atoms with Crippen molar-refractivity contribution in [3.05, 3.63) is 48.6 Å². The van der Waals surface area contributed by atoms with Gasteiger partial charge in [0.15, 0.2) is 6.10 Å². The maximum atomic E-state index is 12.8. The van der Waals surface area contributed by atoms with Gasteiger partial charge in [-0.25, -0.2) is 0 Å². The Labute approximate surface area is 409 Å². The maximum absolute atomic E-state index is 12.8. The normalized spacial score (nSPS) is 12.3. The maximum Gasteiger partial charge on any atom is 0.306 e. The van der Waals surface area contributed by atoms with Crippen LogP contribution in [0.2, 0.25) is 0 Å². The van der Waals surface area contributed by atoms with Crippen molar-refractivity contribution in [2.75, 3.05) is 13.2 Å². The summed E-state index contributed by atoms with van der Waals surface area (Å²) in [4.78, 5) is 38.0. The molecule has 0 aromatic rings. The van der Waals surface area contributed by atoms with Gasteiger partial charge >= 0.3 is 17.9 Å². The van der Waals surface area contributed by atoms with Gasteiger partial charge in [0.05, 0.1) is 0 Å². The van der Waals surface area contributed by atoms with Crippen molar-refractivity contribution < 1.29 is 28.6 Å². The van der Waals surface area contributed by atoms with Crippen LogP contribution in [-0.2, 0) is 28.6 Å². The molecule has 0 radical (unpaired) electrons. The predicted molar refractivity (Wildman–Crippen MR) is 284 cm³/mol. The second kappa shape index (κ2) is 55.0. The van der Waals surface area contributed by atoms with Crippen LogP contribution in [0.5, 0.6) is 0 Å². The number of allylic oxidation sites excluding steroid dienone is 8. The summed E-state index contributed by atoms with van der Waals surface area (Å²) >= 11 is 0. The monoisotopic (exact) mass is 925 g/mol. The Kier molecular flexibility index (Phi) is 52.8. The Bertz CT molecular complexity index is 1150. The van der Waals surface area contributed by atoms with Crippen molar-refractivity contribution in [1.82, 2.24) is 0 Å². The standard InChI is InChI=1S/C60H108O6/c1-4-7-10-13-16-19-22-24-25-26-27-28-29-30-31-32-33-34-35-37-38-41-44-47-50-53-59(62)65-56-57(55-64-58(61)52-49-46-43-40-21-18-15-12-9-6-3)66-60(63)54-51-48-45-42-39-36-23-20-17-14-11-8-5-2/h11,14,20,22-24,26-27,57H,4-10,12-13,15-19,21,25,28-56H2,1-3H3/b14-11-,23-20-,24-22-,27-26-. The van der Waals surface area contributed by atoms with Gasteiger partial charge in [0.2, 0.25) is 0 Å². The zero-order valence-corrected chi connectivity index (χ0v) is 44.0. The van der Waals surface area contributed by atoms with E-state index in [1.165, 1.54) is 161 Å². The third-order valence-electron chi connectivity index (χ3n) is 12.5. The molecule has 6 heteroatoms. The molecule has 0 aliphatic heterocycles. The Balaban J connectivity index is 4.19. The number of unbranched alkanes of at least 4 members (excludes halogenated alkanes) is 33. The van der Waals surface area contributed by atoms with Crippen LogP contribution < -0.4 is 0 Å². The Hall–Kier alpha value is -2.63. The lowest BCUT2D eigenvalue weighted by Crippen LogP contribution is -2.30. The first-order valence-electron chi connectivity index (χ1n) is 28.6. The molecular formula is C60H108O6. The number of hydrogen-bond donors (Lipinski definition) is 0. The minimum atomic E-state index is -0.777. The third kappa shape index (κ3) is 52.3. The van der Waals surface area contributed by atoms with Crippen molar-refractivity contribution in [2.45, 2.75) is 303 Å². The summed E-state index contributed by atoms with van der Waals surface area (Å²) in [6, 6.07) is 0. The van der Waals surface area contributed by atoms with E-state index in [2.05, 4.69) is 69.4 Å². The van der Waals surface area contributed by atoms with E-state index in [1.54, 1.807) is 0 Å². The molecule has 0 spiro atoms. The molecule has 0 N–H and O–H groups in total. The molecule has 0 aromatic carbocycles. The van der Waals surface area contributed by atoms with E-state index in [0.29, 0.717) is 19.3 Å². The highest BCUT2D eigenvalue weighted by Gasteiger charge is 2.19. The fourth-order valence-electron chi connectivity index (χ4n) is 8.22. The van der Waals surface area contributed by atoms with Crippen LogP contribution in [0.4, 0.5) is 0 Å². The van der Waals surface area contributed by atoms with Crippen LogP contribution in [0, 0.1) is 0 Å². The lowest BCUT2D eigenvalue weighted by atomic mass is 10.0. The smallest absolute Gasteiger partial charge is 0.306 e. The molecule has 0 aromatic heterocycles. The van der Waals surface area contributed by atoms with Gasteiger partial charge in [-0.15, -0.1) is 0 Å². The van der Waals surface area contributed by atoms with Gasteiger partial charge in [0.1, 0.15) is 13.2 Å². The van der Waals surface area contributed by atoms with Gasteiger partial charge in [-0.3, -0.25) is 14.4 Å². The molecule has 6 nitrogen and oxygen atoms in total. The molecule has 0 rings (SSSR count). The van der Waals surface area contributed by atoms with Crippen LogP contribution >= 0.6 is 0 Å². The molecule has 66 heavy (non-hydrogen) atoms. The first kappa shape index (κ1) is 63.4. The summed E-state index contributed by atoms with van der Waals surface area (Å²) in [5.74, 6) is -0.882. The molecule has 0 saturated carbocycles. The Morgan fingerprint density at radius 2 is 0.576 bits per heavy atom. The molecule has 0 heterocycles. The molecular weight excluding hydrogens is 817 g/mol. The largest absolute Gasteiger partial charge is 0.462 e. The van der Waals surface area contributed by atoms with E-state index in [-0.39, 0.29) is 31.1 Å². The molecule has 0 bridgehead atoms. The quantitative estimate of drug-likeness (QED) is 0.0262. The van der Waals surface area contributed by atoms with Gasteiger partial charge in [0, 0.05) is 19.3 Å². The summed E-state index contributed by atoms with van der Waals surface area (Å²) in [5.41, 5.74) is 0. The van der Waals surface area contributed by atoms with E-state index < -0.39 is 6.10 Å². The second-order valence-corrected chi connectivity index (χ2v) is 19.2. The zero-order valence-electron chi connectivity index (χ0n) is 44.0. The number of esters is 3. The van der Waals surface area contributed by atoms with Crippen molar-refractivity contribution in [2.24, 2.45) is 0 Å². The highest BCUT2D eigenvalue weighted by Crippen LogP contribution is 2.16. The van der Waals surface area contributed by atoms with E-state index in [4.69, 9.17) is 14.2 Å². The number of hydrogen-bond acceptors (Lipinski definition) is 6. The van der Waals surface area contributed by atoms with Crippen LogP contribution in [0.25, 0.3) is 0 Å². The lowest BCUT2D eigenvalue weighted by molar-refractivity contribution is -0.167. The summed E-state index contributed by atoms with van der Waals surface area (Å²) in [6.07, 6.45) is 66.8. The zero-order chi connectivity index (χ0) is 47.9. The minimum absolute atomic E-state index is 0.0762. The predicted octanol–water partition coefficient (Wildman–Crippen LogP) is 19.0. The van der Waals surface area contributed by atoms with Crippen molar-refractivity contribution >= 4 is 17.9 Å². The van der Waals surface area contributed by atoms with Crippen molar-refractivity contribution in [1.29, 1.82) is 0 Å². The molecule has 1 unspecified atom stereocenters. The average Bonchev–Trinajstić information content (AvgIpc) is 3.31. The van der Waals surface area contributed by atoms with Gasteiger partial charge in [-0.1, -0.05) is 249 Å². The highest BCUT2D eigenvalue weighted by molar-refractivity contribution is 5.71. The van der Waals surface area contributed by atoms with Crippen LogP contribution in [0.3, 0.4) is 0 Å². The topological polar surface area (TPSA) is 78.9 Å². The summed E-state index contributed by atoms with van der Waals surface area (Å²) < 4.78 is 16.8. The summed E-state index contributed by atoms with van der Waals surface area (Å²) in [5, 5.41) is 0. The van der Waals surface area contributed by atoms with Gasteiger partial charge < -0.3 is 14.2 Å². The summed E-state index contributed by atoms with van der Waals surface area (Å²) in [6.45, 7) is 6.56. The molecule has 0 aliphatic rings. The van der Waals surface area contributed by atoms with Gasteiger partial charge in [-0.2, -0.15) is 0 Å². The molecule has 0 saturated heterocycles. The average molecular weight is 926 g/mol. The number of carbonyl (C=O) groups is 3. The van der Waals surface area contributed by atoms with Crippen LogP contribution in [-0.4, -0.2) is 37.2 Å². The first-order chi connectivity index (χ1) is 32.5. The number of carbonyl (C=O) groups excluding carboxylic acids is 3. The lowest BCUT2D eigenvalue weighted by Gasteiger charge is -2.18. The van der Waals surface area contributed by atoms with Gasteiger partial charge in [0.25, 0.3) is 0 Å². The first-order valence-corrected chi connectivity index (χ1v) is 28.6. The van der Waals surface area contributed by atoms with Gasteiger partial charge in [-0.05, 0) is 77.0 Å². The molecule has 384 valence electrons. The summed E-state index contributed by atoms with van der Waals surface area (Å²) in [7, 11) is 0. The van der Waals surface area contributed by atoms with E-state index in [1.807, 2.05) is 0 Å². The SMILES string of the molecule is CCC/C=C\C/C=C\CCCCCCCC(=O)OC(COC(=O)CCCCCCCCCCCC)COC(=O)CCCCCCCCCCCCCCC/C=C\C/C=C\CCCCCCC. The fourth-order valence-corrected chi connectivity index (χ4v) is 8.22. The molecule has 0 aliphatic carbocycles. The number of rotatable bonds is 52. The third-order valence-corrected chi connectivity index (χ3v) is 12.5. The molecule has 0 amide bonds. The molecule has 1 atom stereocenters. The Morgan fingerprint density at radius 3 is 0.894 bits per heavy atom. The second-order valence-electron chi connectivity index (χ2n) is 19.2. The fraction of sp³-hybridized carbons (Fsp3) is 0.817. The Morgan fingerprint density at radius 1 is 0.303 bits per heavy atom. The van der Waals surface area contributed by atoms with Crippen molar-refractivity contribution in [3.8, 4) is 0 Å². The van der Waals surface area contributed by atoms with E-state index >= 15 is 0 Å². The van der Waals surface area contributed by atoms with E-state index in [0.717, 1.165) is 96.3 Å². The van der Waals surface area contributed by atoms with Crippen LogP contribution in [0.15, 0.2) is 48.6 Å². The van der Waals surface area contributed by atoms with E-state index in [9.17, 15) is 14.4 Å². The number of ether oxygens (including phenoxy) is 3. The minimum Gasteiger partial charge on any atom is -0.462 e. The van der Waals surface area contributed by atoms with Crippen LogP contribution in [0.1, 0.15) is 297 Å². The highest BCUT2D eigenvalue weighted by atomic mass is 16.6.